The summed E-state index contributed by atoms with van der Waals surface area (Å²) in [5.41, 5.74) is 2.91. The monoisotopic (exact) mass is 512 g/mol. The van der Waals surface area contributed by atoms with Crippen molar-refractivity contribution in [2.24, 2.45) is 10.4 Å². The molecule has 0 spiro atoms. The van der Waals surface area contributed by atoms with E-state index in [-0.39, 0.29) is 12.3 Å². The molecule has 0 aliphatic carbocycles. The van der Waals surface area contributed by atoms with Gasteiger partial charge in [0, 0.05) is 35.1 Å². The van der Waals surface area contributed by atoms with Crippen molar-refractivity contribution in [1.82, 2.24) is 10.3 Å². The lowest BCUT2D eigenvalue weighted by Crippen LogP contribution is -2.50. The summed E-state index contributed by atoms with van der Waals surface area (Å²) in [7, 11) is 0. The number of aromatic nitrogens is 1. The highest BCUT2D eigenvalue weighted by atomic mass is 16.2. The van der Waals surface area contributed by atoms with Crippen LogP contribution >= 0.6 is 0 Å². The Morgan fingerprint density at radius 3 is 2.42 bits per heavy atom. The SMILES string of the molecule is CCNc1cccc(NC(=O)NC2N=C(c3ccccn3)c3ccccc3N(CC(=O)C(C)(C)C)C2=O)c1. The highest BCUT2D eigenvalue weighted by Gasteiger charge is 2.36. The first kappa shape index (κ1) is 26.5. The molecule has 0 fully saturated rings. The average molecular weight is 513 g/mol. The molecule has 0 bridgehead atoms. The normalized spacial score (nSPS) is 15.2. The minimum atomic E-state index is -1.29. The minimum Gasteiger partial charge on any atom is -0.385 e. The van der Waals surface area contributed by atoms with E-state index >= 15 is 0 Å². The number of ketones is 1. The Labute approximate surface area is 222 Å². The molecule has 1 aromatic heterocycles. The summed E-state index contributed by atoms with van der Waals surface area (Å²) in [4.78, 5) is 50.5. The second-order valence-corrected chi connectivity index (χ2v) is 9.92. The summed E-state index contributed by atoms with van der Waals surface area (Å²) >= 11 is 0. The van der Waals surface area contributed by atoms with Gasteiger partial charge in [-0.15, -0.1) is 0 Å². The van der Waals surface area contributed by atoms with Gasteiger partial charge in [-0.2, -0.15) is 0 Å². The average Bonchev–Trinajstić information content (AvgIpc) is 3.00. The lowest BCUT2D eigenvalue weighted by atomic mass is 9.90. The molecule has 3 N–H and O–H groups in total. The van der Waals surface area contributed by atoms with Crippen LogP contribution in [0.25, 0.3) is 0 Å². The van der Waals surface area contributed by atoms with Gasteiger partial charge in [0.2, 0.25) is 6.17 Å². The molecule has 0 saturated heterocycles. The van der Waals surface area contributed by atoms with E-state index in [2.05, 4.69) is 25.9 Å². The maximum atomic E-state index is 13.9. The highest BCUT2D eigenvalue weighted by Crippen LogP contribution is 2.29. The van der Waals surface area contributed by atoms with Crippen LogP contribution in [0.15, 0.2) is 77.9 Å². The fourth-order valence-electron chi connectivity index (χ4n) is 3.98. The van der Waals surface area contributed by atoms with E-state index < -0.39 is 23.5 Å². The van der Waals surface area contributed by atoms with E-state index in [4.69, 9.17) is 0 Å². The van der Waals surface area contributed by atoms with Crippen molar-refractivity contribution in [3.63, 3.8) is 0 Å². The van der Waals surface area contributed by atoms with Crippen LogP contribution in [0.1, 0.15) is 39.0 Å². The number of anilines is 3. The highest BCUT2D eigenvalue weighted by molar-refractivity contribution is 6.20. The number of hydrogen-bond donors (Lipinski definition) is 3. The van der Waals surface area contributed by atoms with Crippen molar-refractivity contribution in [3.05, 3.63) is 84.2 Å². The van der Waals surface area contributed by atoms with Crippen LogP contribution in [0.5, 0.6) is 0 Å². The number of benzene rings is 2. The number of hydrogen-bond acceptors (Lipinski definition) is 6. The molecular weight excluding hydrogens is 480 g/mol. The number of nitrogens with zero attached hydrogens (tertiary/aromatic N) is 3. The Morgan fingerprint density at radius 1 is 0.974 bits per heavy atom. The maximum Gasteiger partial charge on any atom is 0.321 e. The second kappa shape index (κ2) is 11.2. The smallest absolute Gasteiger partial charge is 0.321 e. The summed E-state index contributed by atoms with van der Waals surface area (Å²) in [5, 5.41) is 8.66. The Kier molecular flexibility index (Phi) is 7.85. The van der Waals surface area contributed by atoms with E-state index in [1.807, 2.05) is 58.0 Å². The molecule has 3 aromatic rings. The molecule has 1 aliphatic heterocycles. The van der Waals surface area contributed by atoms with Crippen LogP contribution in [-0.2, 0) is 9.59 Å². The first-order valence-corrected chi connectivity index (χ1v) is 12.5. The molecule has 2 heterocycles. The van der Waals surface area contributed by atoms with E-state index in [0.717, 1.165) is 12.2 Å². The van der Waals surface area contributed by atoms with Gasteiger partial charge < -0.3 is 20.9 Å². The molecule has 196 valence electrons. The Balaban J connectivity index is 1.72. The van der Waals surface area contributed by atoms with Gasteiger partial charge in [0.1, 0.15) is 0 Å². The number of urea groups is 1. The minimum absolute atomic E-state index is 0.120. The zero-order chi connectivity index (χ0) is 27.3. The molecule has 9 heteroatoms. The third kappa shape index (κ3) is 6.05. The molecule has 9 nitrogen and oxygen atoms in total. The third-order valence-corrected chi connectivity index (χ3v) is 6.02. The summed E-state index contributed by atoms with van der Waals surface area (Å²) in [6, 6.07) is 19.3. The zero-order valence-electron chi connectivity index (χ0n) is 22.0. The molecule has 3 amide bonds. The van der Waals surface area contributed by atoms with Gasteiger partial charge in [0.05, 0.1) is 23.6 Å². The molecule has 1 aliphatic rings. The van der Waals surface area contributed by atoms with Crippen molar-refractivity contribution in [2.45, 2.75) is 33.9 Å². The summed E-state index contributed by atoms with van der Waals surface area (Å²) in [6.45, 7) is 7.99. The number of fused-ring (bicyclic) bond motifs is 1. The third-order valence-electron chi connectivity index (χ3n) is 6.02. The van der Waals surface area contributed by atoms with Crippen LogP contribution in [0.2, 0.25) is 0 Å². The van der Waals surface area contributed by atoms with Gasteiger partial charge in [-0.3, -0.25) is 14.6 Å². The van der Waals surface area contributed by atoms with Crippen LogP contribution in [0.3, 0.4) is 0 Å². The van der Waals surface area contributed by atoms with Gasteiger partial charge in [-0.05, 0) is 43.3 Å². The van der Waals surface area contributed by atoms with Gasteiger partial charge in [-0.25, -0.2) is 9.79 Å². The molecule has 0 radical (unpaired) electrons. The number of amides is 3. The lowest BCUT2D eigenvalue weighted by Gasteiger charge is -2.28. The van der Waals surface area contributed by atoms with Gasteiger partial charge in [0.25, 0.3) is 5.91 Å². The summed E-state index contributed by atoms with van der Waals surface area (Å²) in [6.07, 6.45) is 0.352. The fourth-order valence-corrected chi connectivity index (χ4v) is 3.98. The number of benzodiazepines with no additional fused rings is 1. The predicted molar refractivity (Wildman–Crippen MR) is 150 cm³/mol. The van der Waals surface area contributed by atoms with E-state index in [1.165, 1.54) is 4.90 Å². The number of carbonyl (C=O) groups is 3. The van der Waals surface area contributed by atoms with Crippen molar-refractivity contribution in [2.75, 3.05) is 28.6 Å². The van der Waals surface area contributed by atoms with Crippen molar-refractivity contribution in [3.8, 4) is 0 Å². The summed E-state index contributed by atoms with van der Waals surface area (Å²) in [5.74, 6) is -0.636. The number of Topliss-reactive ketones (excluding diaryl/α,β-unsaturated/α-hetero) is 1. The van der Waals surface area contributed by atoms with Gasteiger partial charge >= 0.3 is 6.03 Å². The molecular formula is C29H32N6O3. The van der Waals surface area contributed by atoms with Gasteiger partial charge in [-0.1, -0.05) is 51.1 Å². The van der Waals surface area contributed by atoms with Crippen LogP contribution in [0.4, 0.5) is 21.9 Å². The van der Waals surface area contributed by atoms with E-state index in [0.29, 0.717) is 28.3 Å². The largest absolute Gasteiger partial charge is 0.385 e. The molecule has 1 atom stereocenters. The van der Waals surface area contributed by atoms with Crippen molar-refractivity contribution in [1.29, 1.82) is 0 Å². The van der Waals surface area contributed by atoms with Gasteiger partial charge in [0.15, 0.2) is 5.78 Å². The number of pyridine rings is 1. The van der Waals surface area contributed by atoms with Crippen LogP contribution in [0, 0.1) is 5.41 Å². The number of para-hydroxylation sites is 1. The van der Waals surface area contributed by atoms with Crippen LogP contribution < -0.4 is 20.9 Å². The Morgan fingerprint density at radius 2 is 1.71 bits per heavy atom. The van der Waals surface area contributed by atoms with Crippen molar-refractivity contribution < 1.29 is 14.4 Å². The summed E-state index contributed by atoms with van der Waals surface area (Å²) < 4.78 is 0. The fraction of sp³-hybridized carbons (Fsp3) is 0.276. The predicted octanol–water partition coefficient (Wildman–Crippen LogP) is 4.46. The molecule has 0 saturated carbocycles. The zero-order valence-corrected chi connectivity index (χ0v) is 22.0. The quantitative estimate of drug-likeness (QED) is 0.432. The first-order chi connectivity index (χ1) is 18.2. The maximum absolute atomic E-state index is 13.9. The Bertz CT molecular complexity index is 1360. The Hall–Kier alpha value is -4.53. The first-order valence-electron chi connectivity index (χ1n) is 12.5. The second-order valence-electron chi connectivity index (χ2n) is 9.92. The number of nitrogens with one attached hydrogen (secondary N) is 3. The number of carbonyl (C=O) groups excluding carboxylic acids is 3. The molecule has 1 unspecified atom stereocenters. The number of rotatable bonds is 7. The topological polar surface area (TPSA) is 116 Å². The lowest BCUT2D eigenvalue weighted by molar-refractivity contribution is -0.127. The molecule has 2 aromatic carbocycles. The standard InChI is InChI=1S/C29H32N6O3/c1-5-30-19-11-10-12-20(17-19)32-28(38)34-26-27(37)35(18-24(36)29(2,3)4)23-15-7-6-13-21(23)25(33-26)22-14-8-9-16-31-22/h6-17,26,30H,5,18H2,1-4H3,(H2,32,34,38). The van der Waals surface area contributed by atoms with Crippen molar-refractivity contribution >= 4 is 40.5 Å². The van der Waals surface area contributed by atoms with E-state index in [9.17, 15) is 14.4 Å². The molecule has 4 rings (SSSR count). The molecule has 38 heavy (non-hydrogen) atoms. The van der Waals surface area contributed by atoms with E-state index in [1.54, 1.807) is 42.6 Å². The van der Waals surface area contributed by atoms with Crippen LogP contribution in [-0.4, -0.2) is 47.7 Å². The number of aliphatic imine (C=N–C) groups is 1.